The summed E-state index contributed by atoms with van der Waals surface area (Å²) in [6, 6.07) is 0. The first kappa shape index (κ1) is 15.5. The molecule has 0 amide bonds. The molecule has 0 heterocycles. The lowest BCUT2D eigenvalue weighted by atomic mass is 9.73. The molecule has 94 valence electrons. The summed E-state index contributed by atoms with van der Waals surface area (Å²) >= 11 is 0. The van der Waals surface area contributed by atoms with Crippen molar-refractivity contribution in [3.63, 3.8) is 0 Å². The van der Waals surface area contributed by atoms with Gasteiger partial charge in [-0.15, -0.1) is 12.3 Å². The second kappa shape index (κ2) is 6.97. The molecule has 0 aromatic heterocycles. The summed E-state index contributed by atoms with van der Waals surface area (Å²) in [5, 5.41) is 0. The van der Waals surface area contributed by atoms with Gasteiger partial charge in [-0.1, -0.05) is 33.6 Å². The molecule has 0 N–H and O–H groups in total. The van der Waals surface area contributed by atoms with Crippen LogP contribution in [-0.4, -0.2) is 12.7 Å². The lowest BCUT2D eigenvalue weighted by molar-refractivity contribution is -0.0391. The summed E-state index contributed by atoms with van der Waals surface area (Å²) in [6.07, 6.45) is 12.0. The molecule has 0 aromatic rings. The molecule has 0 rings (SSSR count). The predicted octanol–water partition coefficient (Wildman–Crippen LogP) is 4.41. The Labute approximate surface area is 102 Å². The van der Waals surface area contributed by atoms with Crippen LogP contribution in [0.4, 0.5) is 0 Å². The van der Waals surface area contributed by atoms with Gasteiger partial charge in [0, 0.05) is 13.5 Å². The summed E-state index contributed by atoms with van der Waals surface area (Å²) in [5.41, 5.74) is 0.207. The first-order chi connectivity index (χ1) is 7.45. The van der Waals surface area contributed by atoms with Gasteiger partial charge in [0.25, 0.3) is 0 Å². The minimum Gasteiger partial charge on any atom is -0.379 e. The van der Waals surface area contributed by atoms with Gasteiger partial charge in [-0.25, -0.2) is 0 Å². The van der Waals surface area contributed by atoms with E-state index in [9.17, 15) is 0 Å². The quantitative estimate of drug-likeness (QED) is 0.555. The van der Waals surface area contributed by atoms with Gasteiger partial charge in [0.05, 0.1) is 5.60 Å². The fourth-order valence-corrected chi connectivity index (χ4v) is 2.78. The van der Waals surface area contributed by atoms with Crippen molar-refractivity contribution in [2.75, 3.05) is 7.11 Å². The van der Waals surface area contributed by atoms with Crippen LogP contribution in [0.15, 0.2) is 0 Å². The molecule has 0 radical (unpaired) electrons. The molecule has 2 unspecified atom stereocenters. The minimum absolute atomic E-state index is 0.0183. The molecule has 0 spiro atoms. The van der Waals surface area contributed by atoms with Crippen molar-refractivity contribution >= 4 is 0 Å². The predicted molar refractivity (Wildman–Crippen MR) is 71.4 cm³/mol. The van der Waals surface area contributed by atoms with Crippen LogP contribution in [0.1, 0.15) is 66.2 Å². The van der Waals surface area contributed by atoms with Gasteiger partial charge in [0.2, 0.25) is 0 Å². The molecular formula is C15H28O. The van der Waals surface area contributed by atoms with Crippen LogP contribution in [0, 0.1) is 17.8 Å². The molecule has 0 bridgehead atoms. The summed E-state index contributed by atoms with van der Waals surface area (Å²) in [6.45, 7) is 8.93. The third-order valence-electron chi connectivity index (χ3n) is 3.45. The lowest BCUT2D eigenvalue weighted by Crippen LogP contribution is -2.35. The monoisotopic (exact) mass is 224 g/mol. The highest BCUT2D eigenvalue weighted by Gasteiger charge is 2.33. The molecule has 0 aromatic carbocycles. The average Bonchev–Trinajstić information content (AvgIpc) is 2.18. The maximum atomic E-state index is 5.70. The second-order valence-corrected chi connectivity index (χ2v) is 5.52. The molecule has 0 fully saturated rings. The van der Waals surface area contributed by atoms with Crippen molar-refractivity contribution in [1.29, 1.82) is 0 Å². The summed E-state index contributed by atoms with van der Waals surface area (Å²) in [5.74, 6) is 2.83. The maximum Gasteiger partial charge on any atom is 0.0656 e. The van der Waals surface area contributed by atoms with Crippen molar-refractivity contribution in [1.82, 2.24) is 0 Å². The zero-order valence-corrected chi connectivity index (χ0v) is 11.7. The standard InChI is InChI=1S/C15H28O/c1-7-10-14(4,11-8-2)13-15(5,16-6)12-9-3/h1H,8-13H2,2-6H3. The van der Waals surface area contributed by atoms with Crippen LogP contribution in [0.2, 0.25) is 0 Å². The highest BCUT2D eigenvalue weighted by Crippen LogP contribution is 2.39. The van der Waals surface area contributed by atoms with E-state index in [1.807, 2.05) is 7.11 Å². The van der Waals surface area contributed by atoms with Gasteiger partial charge in [-0.2, -0.15) is 0 Å². The van der Waals surface area contributed by atoms with Crippen LogP contribution < -0.4 is 0 Å². The smallest absolute Gasteiger partial charge is 0.0656 e. The van der Waals surface area contributed by atoms with Crippen molar-refractivity contribution in [3.8, 4) is 12.3 Å². The van der Waals surface area contributed by atoms with E-state index in [2.05, 4.69) is 33.6 Å². The highest BCUT2D eigenvalue weighted by atomic mass is 16.5. The Kier molecular flexibility index (Phi) is 6.76. The van der Waals surface area contributed by atoms with Gasteiger partial charge in [-0.05, 0) is 31.6 Å². The van der Waals surface area contributed by atoms with Crippen LogP contribution in [0.5, 0.6) is 0 Å². The van der Waals surface area contributed by atoms with Gasteiger partial charge >= 0.3 is 0 Å². The summed E-state index contributed by atoms with van der Waals surface area (Å²) in [7, 11) is 1.82. The number of hydrogen-bond acceptors (Lipinski definition) is 1. The third kappa shape index (κ3) is 5.03. The Hall–Kier alpha value is -0.480. The molecule has 1 heteroatoms. The number of terminal acetylenes is 1. The Morgan fingerprint density at radius 2 is 1.69 bits per heavy atom. The molecule has 0 aliphatic rings. The average molecular weight is 224 g/mol. The zero-order valence-electron chi connectivity index (χ0n) is 11.7. The molecule has 1 nitrogen and oxygen atoms in total. The SMILES string of the molecule is C#CCC(C)(CCC)CC(C)(CCC)OC. The van der Waals surface area contributed by atoms with Gasteiger partial charge in [-0.3, -0.25) is 0 Å². The Morgan fingerprint density at radius 3 is 2.06 bits per heavy atom. The van der Waals surface area contributed by atoms with E-state index in [0.29, 0.717) is 0 Å². The van der Waals surface area contributed by atoms with Gasteiger partial charge in [0.1, 0.15) is 0 Å². The fraction of sp³-hybridized carbons (Fsp3) is 0.867. The molecule has 2 atom stereocenters. The first-order valence-electron chi connectivity index (χ1n) is 6.44. The van der Waals surface area contributed by atoms with Crippen LogP contribution in [0.25, 0.3) is 0 Å². The number of rotatable bonds is 8. The second-order valence-electron chi connectivity index (χ2n) is 5.52. The van der Waals surface area contributed by atoms with Crippen LogP contribution >= 0.6 is 0 Å². The molecule has 0 saturated carbocycles. The molecule has 0 aliphatic carbocycles. The van der Waals surface area contributed by atoms with Crippen molar-refractivity contribution in [2.24, 2.45) is 5.41 Å². The zero-order chi connectivity index (χ0) is 12.7. The van der Waals surface area contributed by atoms with Gasteiger partial charge in [0.15, 0.2) is 0 Å². The third-order valence-corrected chi connectivity index (χ3v) is 3.45. The van der Waals surface area contributed by atoms with Crippen LogP contribution in [-0.2, 0) is 4.74 Å². The van der Waals surface area contributed by atoms with Gasteiger partial charge < -0.3 is 4.74 Å². The highest BCUT2D eigenvalue weighted by molar-refractivity contribution is 4.96. The van der Waals surface area contributed by atoms with E-state index in [4.69, 9.17) is 11.2 Å². The number of methoxy groups -OCH3 is 1. The largest absolute Gasteiger partial charge is 0.379 e. The lowest BCUT2D eigenvalue weighted by Gasteiger charge is -2.38. The molecule has 0 aliphatic heterocycles. The normalized spacial score (nSPS) is 18.5. The van der Waals surface area contributed by atoms with Crippen LogP contribution in [0.3, 0.4) is 0 Å². The van der Waals surface area contributed by atoms with E-state index >= 15 is 0 Å². The summed E-state index contributed by atoms with van der Waals surface area (Å²) < 4.78 is 5.70. The van der Waals surface area contributed by atoms with Crippen molar-refractivity contribution in [2.45, 2.75) is 71.8 Å². The molecular weight excluding hydrogens is 196 g/mol. The molecule has 16 heavy (non-hydrogen) atoms. The Morgan fingerprint density at radius 1 is 1.12 bits per heavy atom. The summed E-state index contributed by atoms with van der Waals surface area (Å²) in [4.78, 5) is 0. The first-order valence-corrected chi connectivity index (χ1v) is 6.44. The van der Waals surface area contributed by atoms with E-state index in [-0.39, 0.29) is 11.0 Å². The van der Waals surface area contributed by atoms with Crippen molar-refractivity contribution in [3.05, 3.63) is 0 Å². The van der Waals surface area contributed by atoms with E-state index in [1.165, 1.54) is 12.8 Å². The number of ether oxygens (including phenoxy) is 1. The fourth-order valence-electron chi connectivity index (χ4n) is 2.78. The van der Waals surface area contributed by atoms with E-state index in [0.717, 1.165) is 25.7 Å². The maximum absolute atomic E-state index is 5.70. The van der Waals surface area contributed by atoms with E-state index < -0.39 is 0 Å². The number of hydrogen-bond donors (Lipinski definition) is 0. The Bertz CT molecular complexity index is 228. The molecule has 0 saturated heterocycles. The topological polar surface area (TPSA) is 9.23 Å². The Balaban J connectivity index is 4.64. The minimum atomic E-state index is -0.0183. The van der Waals surface area contributed by atoms with E-state index in [1.54, 1.807) is 0 Å². The van der Waals surface area contributed by atoms with Crippen molar-refractivity contribution < 1.29 is 4.74 Å².